The summed E-state index contributed by atoms with van der Waals surface area (Å²) in [5.74, 6) is 1.29. The van der Waals surface area contributed by atoms with Crippen molar-refractivity contribution in [2.45, 2.75) is 6.54 Å². The zero-order valence-corrected chi connectivity index (χ0v) is 15.0. The molecule has 8 heteroatoms. The molecule has 138 valence electrons. The minimum Gasteiger partial charge on any atom is -0.497 e. The second kappa shape index (κ2) is 8.61. The van der Waals surface area contributed by atoms with Crippen LogP contribution in [0.1, 0.15) is 15.9 Å². The van der Waals surface area contributed by atoms with Gasteiger partial charge in [0, 0.05) is 12.2 Å². The molecule has 1 heterocycles. The molecule has 0 atom stereocenters. The average molecular weight is 365 g/mol. The molecule has 0 aliphatic heterocycles. The number of benzene rings is 2. The van der Waals surface area contributed by atoms with Gasteiger partial charge in [0.15, 0.2) is 5.82 Å². The molecule has 0 bridgehead atoms. The van der Waals surface area contributed by atoms with Crippen LogP contribution in [0.3, 0.4) is 0 Å². The fourth-order valence-electron chi connectivity index (χ4n) is 2.35. The van der Waals surface area contributed by atoms with Gasteiger partial charge in [-0.05, 0) is 35.9 Å². The van der Waals surface area contributed by atoms with Crippen molar-refractivity contribution in [1.82, 2.24) is 15.2 Å². The summed E-state index contributed by atoms with van der Waals surface area (Å²) in [6.07, 6.45) is 1.54. The van der Waals surface area contributed by atoms with Crippen LogP contribution in [0.2, 0.25) is 0 Å². The van der Waals surface area contributed by atoms with E-state index in [4.69, 9.17) is 9.47 Å². The van der Waals surface area contributed by atoms with Gasteiger partial charge in [-0.1, -0.05) is 18.2 Å². The standard InChI is InChI=1S/C19H19N5O3/c1-26-16-8-6-13(7-9-16)11-20-17-12-21-24-19(23-17)22-15-5-3-4-14(10-15)18(25)27-2/h3-10,12H,11H2,1-2H3,(H2,20,22,23,24). The van der Waals surface area contributed by atoms with Crippen LogP contribution >= 0.6 is 0 Å². The van der Waals surface area contributed by atoms with Crippen molar-refractivity contribution >= 4 is 23.4 Å². The second-order valence-corrected chi connectivity index (χ2v) is 5.56. The number of anilines is 3. The number of methoxy groups -OCH3 is 2. The van der Waals surface area contributed by atoms with E-state index in [9.17, 15) is 4.79 Å². The van der Waals surface area contributed by atoms with Crippen molar-refractivity contribution in [3.05, 3.63) is 65.9 Å². The maximum Gasteiger partial charge on any atom is 0.337 e. The largest absolute Gasteiger partial charge is 0.497 e. The molecule has 3 aromatic rings. The normalized spacial score (nSPS) is 10.1. The fraction of sp³-hybridized carbons (Fsp3) is 0.158. The predicted molar refractivity (Wildman–Crippen MR) is 101 cm³/mol. The van der Waals surface area contributed by atoms with Gasteiger partial charge in [0.1, 0.15) is 5.75 Å². The van der Waals surface area contributed by atoms with Crippen molar-refractivity contribution in [3.63, 3.8) is 0 Å². The van der Waals surface area contributed by atoms with Crippen LogP contribution in [0.15, 0.2) is 54.7 Å². The van der Waals surface area contributed by atoms with Gasteiger partial charge in [-0.25, -0.2) is 4.79 Å². The van der Waals surface area contributed by atoms with Crippen LogP contribution in [0.5, 0.6) is 5.75 Å². The molecule has 27 heavy (non-hydrogen) atoms. The number of carbonyl (C=O) groups excluding carboxylic acids is 1. The summed E-state index contributed by atoms with van der Waals surface area (Å²) >= 11 is 0. The molecular formula is C19H19N5O3. The highest BCUT2D eigenvalue weighted by molar-refractivity contribution is 5.90. The number of esters is 1. The molecule has 3 rings (SSSR count). The van der Waals surface area contributed by atoms with Crippen LogP contribution < -0.4 is 15.4 Å². The Labute approximate surface area is 156 Å². The first-order valence-electron chi connectivity index (χ1n) is 8.20. The lowest BCUT2D eigenvalue weighted by molar-refractivity contribution is 0.0601. The first kappa shape index (κ1) is 18.1. The molecule has 0 aliphatic carbocycles. The van der Waals surface area contributed by atoms with E-state index in [1.54, 1.807) is 37.6 Å². The zero-order valence-electron chi connectivity index (χ0n) is 15.0. The monoisotopic (exact) mass is 365 g/mol. The van der Waals surface area contributed by atoms with Crippen LogP contribution in [-0.4, -0.2) is 35.4 Å². The highest BCUT2D eigenvalue weighted by Crippen LogP contribution is 2.17. The molecule has 0 saturated heterocycles. The fourth-order valence-corrected chi connectivity index (χ4v) is 2.35. The predicted octanol–water partition coefficient (Wildman–Crippen LogP) is 3.02. The maximum atomic E-state index is 11.6. The Balaban J connectivity index is 1.65. The molecule has 8 nitrogen and oxygen atoms in total. The number of ether oxygens (including phenoxy) is 2. The second-order valence-electron chi connectivity index (χ2n) is 5.56. The molecular weight excluding hydrogens is 346 g/mol. The average Bonchev–Trinajstić information content (AvgIpc) is 2.72. The molecule has 0 unspecified atom stereocenters. The number of nitrogens with zero attached hydrogens (tertiary/aromatic N) is 3. The summed E-state index contributed by atoms with van der Waals surface area (Å²) in [6.45, 7) is 0.583. The molecule has 2 aromatic carbocycles. The summed E-state index contributed by atoms with van der Waals surface area (Å²) in [4.78, 5) is 16.0. The Kier molecular flexibility index (Phi) is 5.78. The van der Waals surface area contributed by atoms with Crippen LogP contribution in [0.25, 0.3) is 0 Å². The Bertz CT molecular complexity index is 915. The van der Waals surface area contributed by atoms with Crippen molar-refractivity contribution in [2.24, 2.45) is 0 Å². The molecule has 0 radical (unpaired) electrons. The molecule has 0 spiro atoms. The van der Waals surface area contributed by atoms with E-state index in [0.717, 1.165) is 11.3 Å². The van der Waals surface area contributed by atoms with E-state index < -0.39 is 5.97 Å². The van der Waals surface area contributed by atoms with Crippen molar-refractivity contribution < 1.29 is 14.3 Å². The van der Waals surface area contributed by atoms with Gasteiger partial charge < -0.3 is 20.1 Å². The van der Waals surface area contributed by atoms with Crippen molar-refractivity contribution in [2.75, 3.05) is 24.9 Å². The van der Waals surface area contributed by atoms with E-state index in [-0.39, 0.29) is 0 Å². The lowest BCUT2D eigenvalue weighted by Crippen LogP contribution is -2.06. The minimum absolute atomic E-state index is 0.316. The number of hydrogen-bond donors (Lipinski definition) is 2. The lowest BCUT2D eigenvalue weighted by atomic mass is 10.2. The summed E-state index contributed by atoms with van der Waals surface area (Å²) in [5, 5.41) is 14.1. The Hall–Kier alpha value is -3.68. The number of hydrogen-bond acceptors (Lipinski definition) is 8. The molecule has 1 aromatic heterocycles. The number of nitrogens with one attached hydrogen (secondary N) is 2. The third-order valence-corrected chi connectivity index (χ3v) is 3.73. The highest BCUT2D eigenvalue weighted by atomic mass is 16.5. The van der Waals surface area contributed by atoms with E-state index >= 15 is 0 Å². The Morgan fingerprint density at radius 3 is 2.67 bits per heavy atom. The van der Waals surface area contributed by atoms with Gasteiger partial charge in [0.25, 0.3) is 0 Å². The number of rotatable bonds is 7. The molecule has 0 amide bonds. The van der Waals surface area contributed by atoms with Gasteiger partial charge in [-0.15, -0.1) is 5.10 Å². The molecule has 0 fully saturated rings. The molecule has 0 saturated carbocycles. The Morgan fingerprint density at radius 1 is 1.11 bits per heavy atom. The van der Waals surface area contributed by atoms with Crippen molar-refractivity contribution in [3.8, 4) is 5.75 Å². The van der Waals surface area contributed by atoms with Crippen LogP contribution in [0, 0.1) is 0 Å². The van der Waals surface area contributed by atoms with Crippen LogP contribution in [-0.2, 0) is 11.3 Å². The van der Waals surface area contributed by atoms with Gasteiger partial charge in [-0.2, -0.15) is 10.1 Å². The zero-order chi connectivity index (χ0) is 19.1. The summed E-state index contributed by atoms with van der Waals surface area (Å²) in [6, 6.07) is 14.6. The quantitative estimate of drug-likeness (QED) is 0.617. The maximum absolute atomic E-state index is 11.6. The van der Waals surface area contributed by atoms with Crippen LogP contribution in [0.4, 0.5) is 17.5 Å². The Morgan fingerprint density at radius 2 is 1.93 bits per heavy atom. The van der Waals surface area contributed by atoms with E-state index in [1.165, 1.54) is 7.11 Å². The van der Waals surface area contributed by atoms with Gasteiger partial charge in [0.05, 0.1) is 26.0 Å². The molecule has 0 aliphatic rings. The van der Waals surface area contributed by atoms with E-state index in [0.29, 0.717) is 29.6 Å². The first-order valence-corrected chi connectivity index (χ1v) is 8.20. The highest BCUT2D eigenvalue weighted by Gasteiger charge is 2.07. The minimum atomic E-state index is -0.410. The van der Waals surface area contributed by atoms with E-state index in [2.05, 4.69) is 25.8 Å². The van der Waals surface area contributed by atoms with Gasteiger partial charge >= 0.3 is 5.97 Å². The third kappa shape index (κ3) is 4.91. The first-order chi connectivity index (χ1) is 13.2. The van der Waals surface area contributed by atoms with Gasteiger partial charge in [0.2, 0.25) is 5.95 Å². The van der Waals surface area contributed by atoms with E-state index in [1.807, 2.05) is 24.3 Å². The number of carbonyl (C=O) groups is 1. The topological polar surface area (TPSA) is 98.3 Å². The smallest absolute Gasteiger partial charge is 0.337 e. The summed E-state index contributed by atoms with van der Waals surface area (Å²) in [7, 11) is 2.97. The van der Waals surface area contributed by atoms with Crippen molar-refractivity contribution in [1.29, 1.82) is 0 Å². The summed E-state index contributed by atoms with van der Waals surface area (Å²) < 4.78 is 9.87. The SMILES string of the molecule is COC(=O)c1cccc(Nc2nncc(NCc3ccc(OC)cc3)n2)c1. The molecule has 2 N–H and O–H groups in total. The summed E-state index contributed by atoms with van der Waals surface area (Å²) in [5.41, 5.74) is 2.17. The lowest BCUT2D eigenvalue weighted by Gasteiger charge is -2.09. The number of aromatic nitrogens is 3. The van der Waals surface area contributed by atoms with Gasteiger partial charge in [-0.3, -0.25) is 0 Å². The third-order valence-electron chi connectivity index (χ3n) is 3.73.